The summed E-state index contributed by atoms with van der Waals surface area (Å²) in [5.41, 5.74) is 0. The van der Waals surface area contributed by atoms with Crippen molar-refractivity contribution in [2.75, 3.05) is 26.5 Å². The lowest BCUT2D eigenvalue weighted by molar-refractivity contribution is -0.131. The summed E-state index contributed by atoms with van der Waals surface area (Å²) in [7, 11) is 1.71. The Morgan fingerprint density at radius 2 is 2.23 bits per heavy atom. The van der Waals surface area contributed by atoms with Crippen molar-refractivity contribution in [3.8, 4) is 0 Å². The second-order valence-electron chi connectivity index (χ2n) is 3.15. The molecule has 1 fully saturated rings. The second kappa shape index (κ2) is 4.00. The Morgan fingerprint density at radius 1 is 1.62 bits per heavy atom. The number of amides is 2. The van der Waals surface area contributed by atoms with Gasteiger partial charge in [-0.2, -0.15) is 11.8 Å². The van der Waals surface area contributed by atoms with Crippen LogP contribution in [0, 0.1) is 0 Å². The first-order valence-corrected chi connectivity index (χ1v) is 5.40. The van der Waals surface area contributed by atoms with Gasteiger partial charge < -0.3 is 9.80 Å². The zero-order valence-electron chi connectivity index (χ0n) is 8.11. The van der Waals surface area contributed by atoms with Crippen LogP contribution in [0.4, 0.5) is 0 Å². The highest BCUT2D eigenvalue weighted by Crippen LogP contribution is 2.12. The van der Waals surface area contributed by atoms with Gasteiger partial charge in [-0.3, -0.25) is 9.59 Å². The molecule has 0 aromatic heterocycles. The van der Waals surface area contributed by atoms with Crippen LogP contribution in [0.1, 0.15) is 6.92 Å². The maximum absolute atomic E-state index is 11.6. The van der Waals surface area contributed by atoms with Crippen LogP contribution in [0.15, 0.2) is 0 Å². The molecule has 1 unspecified atom stereocenters. The van der Waals surface area contributed by atoms with Crippen molar-refractivity contribution in [2.24, 2.45) is 0 Å². The van der Waals surface area contributed by atoms with Crippen molar-refractivity contribution in [3.05, 3.63) is 0 Å². The summed E-state index contributed by atoms with van der Waals surface area (Å²) in [6, 6.07) is 0. The largest absolute Gasteiger partial charge is 0.326 e. The number of hydrogen-bond donors (Lipinski definition) is 0. The van der Waals surface area contributed by atoms with E-state index in [2.05, 4.69) is 0 Å². The molecule has 1 rings (SSSR count). The highest BCUT2D eigenvalue weighted by atomic mass is 32.2. The normalized spacial score (nSPS) is 19.5. The number of hydrogen-bond acceptors (Lipinski definition) is 3. The van der Waals surface area contributed by atoms with E-state index in [4.69, 9.17) is 0 Å². The molecule has 0 aromatic carbocycles. The molecule has 0 radical (unpaired) electrons. The number of carbonyl (C=O) groups excluding carboxylic acids is 2. The van der Waals surface area contributed by atoms with Gasteiger partial charge in [-0.1, -0.05) is 0 Å². The van der Waals surface area contributed by atoms with Crippen molar-refractivity contribution in [2.45, 2.75) is 12.2 Å². The summed E-state index contributed by atoms with van der Waals surface area (Å²) < 4.78 is 0. The minimum atomic E-state index is -0.0562. The summed E-state index contributed by atoms with van der Waals surface area (Å²) >= 11 is 1.50. The summed E-state index contributed by atoms with van der Waals surface area (Å²) in [5, 5.41) is -0.0562. The average molecular weight is 202 g/mol. The number of thioether (sulfide) groups is 1. The molecule has 5 heteroatoms. The minimum absolute atomic E-state index is 0.0154. The van der Waals surface area contributed by atoms with Gasteiger partial charge in [0.05, 0.1) is 11.9 Å². The third kappa shape index (κ3) is 2.15. The molecule has 0 N–H and O–H groups in total. The fraction of sp³-hybridized carbons (Fsp3) is 0.750. The van der Waals surface area contributed by atoms with Gasteiger partial charge in [0.1, 0.15) is 6.54 Å². The van der Waals surface area contributed by atoms with Crippen molar-refractivity contribution in [3.63, 3.8) is 0 Å². The zero-order valence-corrected chi connectivity index (χ0v) is 8.93. The molecule has 0 aliphatic carbocycles. The van der Waals surface area contributed by atoms with Gasteiger partial charge in [0.2, 0.25) is 11.8 Å². The SMILES string of the molecule is CSC(C)C(=O)N1CC(=O)N(C)C1. The van der Waals surface area contributed by atoms with Gasteiger partial charge >= 0.3 is 0 Å². The second-order valence-corrected chi connectivity index (χ2v) is 4.33. The highest BCUT2D eigenvalue weighted by Gasteiger charge is 2.30. The maximum Gasteiger partial charge on any atom is 0.243 e. The van der Waals surface area contributed by atoms with Gasteiger partial charge in [0, 0.05) is 7.05 Å². The maximum atomic E-state index is 11.6. The van der Waals surface area contributed by atoms with Gasteiger partial charge in [0.25, 0.3) is 0 Å². The first-order valence-electron chi connectivity index (χ1n) is 4.11. The van der Waals surface area contributed by atoms with Crippen molar-refractivity contribution in [1.82, 2.24) is 9.80 Å². The molecule has 0 saturated carbocycles. The van der Waals surface area contributed by atoms with E-state index in [1.807, 2.05) is 13.2 Å². The fourth-order valence-electron chi connectivity index (χ4n) is 1.17. The Morgan fingerprint density at radius 3 is 2.62 bits per heavy atom. The van der Waals surface area contributed by atoms with E-state index in [0.29, 0.717) is 6.67 Å². The van der Waals surface area contributed by atoms with E-state index in [1.165, 1.54) is 11.8 Å². The van der Waals surface area contributed by atoms with Gasteiger partial charge in [0.15, 0.2) is 0 Å². The van der Waals surface area contributed by atoms with E-state index < -0.39 is 0 Å². The lowest BCUT2D eigenvalue weighted by Gasteiger charge is -2.18. The number of carbonyl (C=O) groups is 2. The van der Waals surface area contributed by atoms with Crippen LogP contribution in [0.25, 0.3) is 0 Å². The van der Waals surface area contributed by atoms with E-state index in [9.17, 15) is 9.59 Å². The van der Waals surface area contributed by atoms with Crippen molar-refractivity contribution >= 4 is 23.6 Å². The Balaban J connectivity index is 2.55. The van der Waals surface area contributed by atoms with Crippen LogP contribution in [-0.4, -0.2) is 53.4 Å². The van der Waals surface area contributed by atoms with Gasteiger partial charge in [-0.25, -0.2) is 0 Å². The van der Waals surface area contributed by atoms with E-state index >= 15 is 0 Å². The summed E-state index contributed by atoms with van der Waals surface area (Å²) in [5.74, 6) is 0.0619. The molecular formula is C8H14N2O2S. The van der Waals surface area contributed by atoms with Crippen LogP contribution in [0.2, 0.25) is 0 Å². The first-order chi connectivity index (χ1) is 6.06. The van der Waals surface area contributed by atoms with E-state index in [0.717, 1.165) is 0 Å². The third-order valence-electron chi connectivity index (χ3n) is 2.15. The number of rotatable bonds is 2. The standard InChI is InChI=1S/C8H14N2O2S/c1-6(13-3)8(12)10-4-7(11)9(2)5-10/h6H,4-5H2,1-3H3. The van der Waals surface area contributed by atoms with Crippen LogP contribution < -0.4 is 0 Å². The average Bonchev–Trinajstić information content (AvgIpc) is 2.44. The monoisotopic (exact) mass is 202 g/mol. The summed E-state index contributed by atoms with van der Waals surface area (Å²) in [4.78, 5) is 25.9. The molecule has 2 amide bonds. The molecule has 1 aliphatic heterocycles. The Labute approximate surface area is 82.3 Å². The quantitative estimate of drug-likeness (QED) is 0.632. The molecule has 13 heavy (non-hydrogen) atoms. The van der Waals surface area contributed by atoms with Crippen molar-refractivity contribution in [1.29, 1.82) is 0 Å². The van der Waals surface area contributed by atoms with Crippen molar-refractivity contribution < 1.29 is 9.59 Å². The molecule has 0 bridgehead atoms. The van der Waals surface area contributed by atoms with Crippen LogP contribution >= 0.6 is 11.8 Å². The predicted octanol–water partition coefficient (Wildman–Crippen LogP) is -0.00400. The summed E-state index contributed by atoms with van der Waals surface area (Å²) in [6.45, 7) is 2.53. The smallest absolute Gasteiger partial charge is 0.243 e. The lowest BCUT2D eigenvalue weighted by atomic mass is 10.4. The number of likely N-dealkylation sites (N-methyl/N-ethyl adjacent to an activating group) is 1. The molecule has 1 heterocycles. The Bertz CT molecular complexity index is 232. The zero-order chi connectivity index (χ0) is 10.0. The number of nitrogens with zero attached hydrogens (tertiary/aromatic N) is 2. The van der Waals surface area contributed by atoms with Gasteiger partial charge in [-0.05, 0) is 13.2 Å². The Kier molecular flexibility index (Phi) is 3.19. The lowest BCUT2D eigenvalue weighted by Crippen LogP contribution is -2.35. The van der Waals surface area contributed by atoms with Crippen LogP contribution in [0.5, 0.6) is 0 Å². The third-order valence-corrected chi connectivity index (χ3v) is 3.06. The Hall–Kier alpha value is -0.710. The van der Waals surface area contributed by atoms with Crippen LogP contribution in [0.3, 0.4) is 0 Å². The fourth-order valence-corrected chi connectivity index (χ4v) is 1.53. The molecule has 1 aliphatic rings. The van der Waals surface area contributed by atoms with E-state index in [1.54, 1.807) is 16.8 Å². The molecule has 4 nitrogen and oxygen atoms in total. The molecule has 1 atom stereocenters. The van der Waals surface area contributed by atoms with Gasteiger partial charge in [-0.15, -0.1) is 0 Å². The first kappa shape index (κ1) is 10.4. The topological polar surface area (TPSA) is 40.6 Å². The molecule has 74 valence electrons. The minimum Gasteiger partial charge on any atom is -0.326 e. The van der Waals surface area contributed by atoms with Crippen LogP contribution in [-0.2, 0) is 9.59 Å². The molecule has 0 spiro atoms. The highest BCUT2D eigenvalue weighted by molar-refractivity contribution is 7.99. The molecule has 0 aromatic rings. The molecular weight excluding hydrogens is 188 g/mol. The van der Waals surface area contributed by atoms with E-state index in [-0.39, 0.29) is 23.6 Å². The predicted molar refractivity (Wildman–Crippen MR) is 52.3 cm³/mol. The molecule has 1 saturated heterocycles. The summed E-state index contributed by atoms with van der Waals surface area (Å²) in [6.07, 6.45) is 1.89.